The number of morpholine rings is 1. The molecule has 0 saturated carbocycles. The highest BCUT2D eigenvalue weighted by Gasteiger charge is 2.27. The van der Waals surface area contributed by atoms with Gasteiger partial charge in [-0.3, -0.25) is 4.79 Å². The monoisotopic (exact) mass is 353 g/mol. The Labute approximate surface area is 142 Å². The third-order valence-corrected chi connectivity index (χ3v) is 6.38. The number of hydrogen-bond donors (Lipinski definition) is 1. The van der Waals surface area contributed by atoms with E-state index in [2.05, 4.69) is 5.32 Å². The van der Waals surface area contributed by atoms with E-state index in [4.69, 9.17) is 4.74 Å². The number of carbonyl (C=O) groups is 1. The third-order valence-electron chi connectivity index (χ3n) is 4.47. The SMILES string of the molecule is C[C@H]1CNCCN1C(=O)c1ccc(S(=O)(=O)N2CCOCC2)cc1. The van der Waals surface area contributed by atoms with Crippen LogP contribution >= 0.6 is 0 Å². The van der Waals surface area contributed by atoms with Crippen LogP contribution in [0.1, 0.15) is 17.3 Å². The van der Waals surface area contributed by atoms with Gasteiger partial charge in [-0.05, 0) is 31.2 Å². The van der Waals surface area contributed by atoms with E-state index in [0.29, 0.717) is 38.4 Å². The zero-order chi connectivity index (χ0) is 17.2. The molecular weight excluding hydrogens is 330 g/mol. The second-order valence-electron chi connectivity index (χ2n) is 6.09. The lowest BCUT2D eigenvalue weighted by atomic mass is 10.1. The van der Waals surface area contributed by atoms with Crippen LogP contribution in [-0.2, 0) is 14.8 Å². The summed E-state index contributed by atoms with van der Waals surface area (Å²) in [4.78, 5) is 14.6. The van der Waals surface area contributed by atoms with Crippen molar-refractivity contribution in [2.24, 2.45) is 0 Å². The Morgan fingerprint density at radius 1 is 1.17 bits per heavy atom. The van der Waals surface area contributed by atoms with Gasteiger partial charge in [0.1, 0.15) is 0 Å². The topological polar surface area (TPSA) is 79.0 Å². The quantitative estimate of drug-likeness (QED) is 0.836. The molecule has 1 atom stereocenters. The minimum atomic E-state index is -3.52. The molecule has 24 heavy (non-hydrogen) atoms. The molecule has 2 fully saturated rings. The van der Waals surface area contributed by atoms with Crippen LogP contribution < -0.4 is 5.32 Å². The van der Waals surface area contributed by atoms with E-state index >= 15 is 0 Å². The fourth-order valence-electron chi connectivity index (χ4n) is 3.01. The summed E-state index contributed by atoms with van der Waals surface area (Å²) in [6.07, 6.45) is 0. The molecule has 0 aliphatic carbocycles. The van der Waals surface area contributed by atoms with E-state index in [0.717, 1.165) is 13.1 Å². The fourth-order valence-corrected chi connectivity index (χ4v) is 4.42. The van der Waals surface area contributed by atoms with Gasteiger partial charge in [0.15, 0.2) is 0 Å². The van der Waals surface area contributed by atoms with Crippen LogP contribution in [0.3, 0.4) is 0 Å². The summed E-state index contributed by atoms with van der Waals surface area (Å²) in [6, 6.07) is 6.37. The Kier molecular flexibility index (Phi) is 5.19. The van der Waals surface area contributed by atoms with Crippen LogP contribution in [0.25, 0.3) is 0 Å². The van der Waals surface area contributed by atoms with E-state index in [1.165, 1.54) is 16.4 Å². The van der Waals surface area contributed by atoms with Crippen molar-refractivity contribution in [1.82, 2.24) is 14.5 Å². The van der Waals surface area contributed by atoms with E-state index in [-0.39, 0.29) is 16.8 Å². The summed E-state index contributed by atoms with van der Waals surface area (Å²) < 4.78 is 31.8. The number of piperazine rings is 1. The van der Waals surface area contributed by atoms with E-state index < -0.39 is 10.0 Å². The van der Waals surface area contributed by atoms with Gasteiger partial charge >= 0.3 is 0 Å². The predicted molar refractivity (Wildman–Crippen MR) is 89.4 cm³/mol. The molecule has 8 heteroatoms. The number of amides is 1. The molecular formula is C16H23N3O4S. The van der Waals surface area contributed by atoms with E-state index in [9.17, 15) is 13.2 Å². The lowest BCUT2D eigenvalue weighted by Crippen LogP contribution is -2.52. The smallest absolute Gasteiger partial charge is 0.254 e. The summed E-state index contributed by atoms with van der Waals surface area (Å²) in [5.41, 5.74) is 0.518. The number of rotatable bonds is 3. The van der Waals surface area contributed by atoms with Crippen LogP contribution in [0.4, 0.5) is 0 Å². The van der Waals surface area contributed by atoms with Crippen molar-refractivity contribution in [3.63, 3.8) is 0 Å². The average Bonchev–Trinajstić information content (AvgIpc) is 2.62. The molecule has 3 rings (SSSR count). The first-order chi connectivity index (χ1) is 11.5. The fraction of sp³-hybridized carbons (Fsp3) is 0.562. The molecule has 7 nitrogen and oxygen atoms in total. The van der Waals surface area contributed by atoms with Crippen molar-refractivity contribution in [3.8, 4) is 0 Å². The molecule has 1 aromatic rings. The molecule has 0 unspecified atom stereocenters. The molecule has 0 bridgehead atoms. The highest BCUT2D eigenvalue weighted by molar-refractivity contribution is 7.89. The number of benzene rings is 1. The van der Waals surface area contributed by atoms with Crippen LogP contribution in [0, 0.1) is 0 Å². The molecule has 0 spiro atoms. The average molecular weight is 353 g/mol. The largest absolute Gasteiger partial charge is 0.379 e. The second-order valence-corrected chi connectivity index (χ2v) is 8.03. The molecule has 0 aromatic heterocycles. The first kappa shape index (κ1) is 17.3. The standard InChI is InChI=1S/C16H23N3O4S/c1-13-12-17-6-7-19(13)16(20)14-2-4-15(5-3-14)24(21,22)18-8-10-23-11-9-18/h2-5,13,17H,6-12H2,1H3/t13-/m0/s1. The third kappa shape index (κ3) is 3.46. The number of ether oxygens (including phenoxy) is 1. The molecule has 1 aromatic carbocycles. The van der Waals surface area contributed by atoms with Crippen molar-refractivity contribution in [1.29, 1.82) is 0 Å². The maximum absolute atomic E-state index is 12.6. The van der Waals surface area contributed by atoms with Gasteiger partial charge in [0.05, 0.1) is 18.1 Å². The summed E-state index contributed by atoms with van der Waals surface area (Å²) >= 11 is 0. The normalized spacial score (nSPS) is 23.2. The molecule has 132 valence electrons. The van der Waals surface area contributed by atoms with Gasteiger partial charge in [-0.15, -0.1) is 0 Å². The van der Waals surface area contributed by atoms with Crippen LogP contribution in [0.5, 0.6) is 0 Å². The maximum Gasteiger partial charge on any atom is 0.254 e. The Morgan fingerprint density at radius 3 is 2.46 bits per heavy atom. The number of sulfonamides is 1. The molecule has 2 saturated heterocycles. The number of hydrogen-bond acceptors (Lipinski definition) is 5. The summed E-state index contributed by atoms with van der Waals surface area (Å²) in [5.74, 6) is -0.0562. The highest BCUT2D eigenvalue weighted by atomic mass is 32.2. The predicted octanol–water partition coefficient (Wildman–Crippen LogP) is 0.141. The van der Waals surface area contributed by atoms with E-state index in [1.54, 1.807) is 12.1 Å². The summed E-state index contributed by atoms with van der Waals surface area (Å²) in [5, 5.41) is 3.25. The lowest BCUT2D eigenvalue weighted by Gasteiger charge is -2.34. The zero-order valence-electron chi connectivity index (χ0n) is 13.8. The first-order valence-electron chi connectivity index (χ1n) is 8.20. The van der Waals surface area contributed by atoms with Gasteiger partial charge in [-0.1, -0.05) is 0 Å². The number of nitrogens with zero attached hydrogens (tertiary/aromatic N) is 2. The zero-order valence-corrected chi connectivity index (χ0v) is 14.6. The van der Waals surface area contributed by atoms with Crippen LogP contribution in [0.15, 0.2) is 29.2 Å². The molecule has 2 aliphatic heterocycles. The number of carbonyl (C=O) groups excluding carboxylic acids is 1. The van der Waals surface area contributed by atoms with Crippen molar-refractivity contribution in [3.05, 3.63) is 29.8 Å². The molecule has 2 heterocycles. The van der Waals surface area contributed by atoms with Gasteiger partial charge in [-0.2, -0.15) is 4.31 Å². The van der Waals surface area contributed by atoms with Gasteiger partial charge in [-0.25, -0.2) is 8.42 Å². The van der Waals surface area contributed by atoms with Crippen LogP contribution in [-0.4, -0.2) is 75.5 Å². The Morgan fingerprint density at radius 2 is 1.83 bits per heavy atom. The van der Waals surface area contributed by atoms with Crippen molar-refractivity contribution < 1.29 is 17.9 Å². The van der Waals surface area contributed by atoms with Gasteiger partial charge < -0.3 is 15.0 Å². The van der Waals surface area contributed by atoms with Crippen molar-refractivity contribution in [2.45, 2.75) is 17.9 Å². The highest BCUT2D eigenvalue weighted by Crippen LogP contribution is 2.19. The van der Waals surface area contributed by atoms with Crippen LogP contribution in [0.2, 0.25) is 0 Å². The molecule has 0 radical (unpaired) electrons. The molecule has 1 N–H and O–H groups in total. The molecule has 2 aliphatic rings. The summed E-state index contributed by atoms with van der Waals surface area (Å²) in [6.45, 7) is 5.76. The first-order valence-corrected chi connectivity index (χ1v) is 9.64. The Hall–Kier alpha value is -1.48. The summed E-state index contributed by atoms with van der Waals surface area (Å²) in [7, 11) is -3.52. The van der Waals surface area contributed by atoms with Crippen molar-refractivity contribution >= 4 is 15.9 Å². The minimum Gasteiger partial charge on any atom is -0.379 e. The van der Waals surface area contributed by atoms with Gasteiger partial charge in [0.25, 0.3) is 5.91 Å². The maximum atomic E-state index is 12.6. The van der Waals surface area contributed by atoms with Gasteiger partial charge in [0, 0.05) is 44.3 Å². The van der Waals surface area contributed by atoms with Gasteiger partial charge in [0.2, 0.25) is 10.0 Å². The molecule has 1 amide bonds. The van der Waals surface area contributed by atoms with Crippen molar-refractivity contribution in [2.75, 3.05) is 45.9 Å². The Bertz CT molecular complexity index is 684. The lowest BCUT2D eigenvalue weighted by molar-refractivity contribution is 0.0655. The Balaban J connectivity index is 1.76. The number of nitrogens with one attached hydrogen (secondary N) is 1. The minimum absolute atomic E-state index is 0.0562. The second kappa shape index (κ2) is 7.18. The van der Waals surface area contributed by atoms with E-state index in [1.807, 2.05) is 11.8 Å².